The summed E-state index contributed by atoms with van der Waals surface area (Å²) in [5.41, 5.74) is 10.8. The van der Waals surface area contributed by atoms with Gasteiger partial charge in [0.1, 0.15) is 48.3 Å². The summed E-state index contributed by atoms with van der Waals surface area (Å²) >= 11 is 1.34. The van der Waals surface area contributed by atoms with Gasteiger partial charge in [-0.05, 0) is 68.4 Å². The maximum Gasteiger partial charge on any atom is 0.326 e. The molecule has 0 unspecified atom stereocenters. The van der Waals surface area contributed by atoms with Gasteiger partial charge >= 0.3 is 17.9 Å². The van der Waals surface area contributed by atoms with Gasteiger partial charge in [0, 0.05) is 12.8 Å². The Labute approximate surface area is 433 Å². The Morgan fingerprint density at radius 3 is 1.20 bits per heavy atom. The Morgan fingerprint density at radius 1 is 0.514 bits per heavy atom. The van der Waals surface area contributed by atoms with Crippen LogP contribution >= 0.6 is 11.8 Å². The van der Waals surface area contributed by atoms with E-state index in [1.54, 1.807) is 40.9 Å². The number of aliphatic carboxylic acids is 3. The van der Waals surface area contributed by atoms with Crippen molar-refractivity contribution in [3.63, 3.8) is 0 Å². The molecule has 74 heavy (non-hydrogen) atoms. The van der Waals surface area contributed by atoms with Crippen molar-refractivity contribution in [3.8, 4) is 0 Å². The van der Waals surface area contributed by atoms with E-state index in [4.69, 9.17) is 16.6 Å². The summed E-state index contributed by atoms with van der Waals surface area (Å²) in [7, 11) is 0. The number of carboxylic acid groups (broad SMARTS) is 3. The predicted octanol–water partition coefficient (Wildman–Crippen LogP) is -2.93. The molecule has 12 atom stereocenters. The zero-order valence-corrected chi connectivity index (χ0v) is 43.9. The standard InChI is InChI=1S/C46H77N11O16S/c1-8-22(4)35(55-39(65)26(13-15-33(60)61)50-38(64)25-12-11-18-49-25)43(69)51-27(17-19-74-7)40(66)56-36(23(5)9-2)44(70)54-30(21-32(48)59)42(68)57-37(24(6)10-3)45(71)53-29(20-31(47)58)41(67)52-28(46(72)73)14-16-34(62)63/h22-30,35-37,49H,8-21H2,1-7H3,(H2,47,58)(H2,48,59)(H,50,64)(H,51,69)(H,52,67)(H,53,71)(H,54,70)(H,55,65)(H,56,66)(H,57,68)(H,60,61)(H,62,63)(H,72,73)/t22-,23-,24-,25-,26-,27-,28-,29-,30-,35-,36-,37-/m0/s1. The van der Waals surface area contributed by atoms with Gasteiger partial charge in [-0.25, -0.2) is 4.79 Å². The van der Waals surface area contributed by atoms with E-state index in [9.17, 15) is 72.5 Å². The number of hydrogen-bond donors (Lipinski definition) is 14. The van der Waals surface area contributed by atoms with Crippen LogP contribution in [0.1, 0.15) is 119 Å². The van der Waals surface area contributed by atoms with Gasteiger partial charge < -0.3 is 74.6 Å². The molecule has 27 nitrogen and oxygen atoms in total. The number of primary amides is 2. The molecule has 0 aromatic rings. The second-order valence-electron chi connectivity index (χ2n) is 18.4. The number of amides is 10. The maximum atomic E-state index is 14.2. The Morgan fingerprint density at radius 2 is 0.865 bits per heavy atom. The topological polar surface area (TPSA) is 443 Å². The molecule has 28 heteroatoms. The minimum Gasteiger partial charge on any atom is -0.481 e. The molecule has 1 aliphatic heterocycles. The molecule has 0 aromatic carbocycles. The van der Waals surface area contributed by atoms with Gasteiger partial charge in [-0.15, -0.1) is 0 Å². The van der Waals surface area contributed by atoms with Crippen molar-refractivity contribution in [1.29, 1.82) is 0 Å². The Hall–Kier alpha value is -6.58. The van der Waals surface area contributed by atoms with E-state index in [1.807, 2.05) is 0 Å². The molecule has 418 valence electrons. The molecule has 10 amide bonds. The minimum absolute atomic E-state index is 0.0268. The van der Waals surface area contributed by atoms with E-state index in [0.717, 1.165) is 6.42 Å². The summed E-state index contributed by atoms with van der Waals surface area (Å²) in [5, 5.41) is 50.6. The van der Waals surface area contributed by atoms with Gasteiger partial charge in [0.25, 0.3) is 0 Å². The average Bonchev–Trinajstić information content (AvgIpc) is 3.89. The number of thioether (sulfide) groups is 1. The fourth-order valence-electron chi connectivity index (χ4n) is 7.49. The Balaban J connectivity index is 3.46. The lowest BCUT2D eigenvalue weighted by Gasteiger charge is -2.31. The van der Waals surface area contributed by atoms with E-state index in [1.165, 1.54) is 18.7 Å². The maximum absolute atomic E-state index is 14.2. The fraction of sp³-hybridized carbons (Fsp3) is 0.717. The van der Waals surface area contributed by atoms with Crippen LogP contribution < -0.4 is 59.3 Å². The largest absolute Gasteiger partial charge is 0.481 e. The van der Waals surface area contributed by atoms with Gasteiger partial charge in [0.15, 0.2) is 0 Å². The summed E-state index contributed by atoms with van der Waals surface area (Å²) in [6, 6.07) is -12.8. The lowest BCUT2D eigenvalue weighted by atomic mass is 9.95. The zero-order valence-electron chi connectivity index (χ0n) is 43.0. The SMILES string of the molecule is CC[C@H](C)[C@H](NC(=O)[C@H](CC(N)=O)NC(=O)[C@@H](NC(=O)[C@H](CCSC)NC(=O)[C@@H](NC(=O)[C@H](CCC(=O)O)NC(=O)[C@@H]1CCCN1)[C@@H](C)CC)[C@@H](C)CC)C(=O)N[C@@H](CC(N)=O)C(=O)N[C@@H](CCC(=O)O)C(=O)O. The second kappa shape index (κ2) is 33.3. The second-order valence-corrected chi connectivity index (χ2v) is 19.4. The summed E-state index contributed by atoms with van der Waals surface area (Å²) in [6.45, 7) is 10.5. The molecule has 0 saturated carbocycles. The molecule has 0 aromatic heterocycles. The van der Waals surface area contributed by atoms with Crippen LogP contribution in [0.5, 0.6) is 0 Å². The smallest absolute Gasteiger partial charge is 0.326 e. The molecule has 1 aliphatic rings. The number of carboxylic acids is 3. The lowest BCUT2D eigenvalue weighted by Crippen LogP contribution is -2.62. The molecule has 1 heterocycles. The normalized spacial score (nSPS) is 17.5. The van der Waals surface area contributed by atoms with E-state index in [0.29, 0.717) is 25.1 Å². The first-order valence-corrected chi connectivity index (χ1v) is 26.0. The molecule has 16 N–H and O–H groups in total. The van der Waals surface area contributed by atoms with E-state index in [-0.39, 0.29) is 25.7 Å². The van der Waals surface area contributed by atoms with Crippen LogP contribution in [0.25, 0.3) is 0 Å². The van der Waals surface area contributed by atoms with Crippen molar-refractivity contribution in [2.45, 2.75) is 173 Å². The number of rotatable bonds is 36. The molecular weight excluding hydrogens is 995 g/mol. The van der Waals surface area contributed by atoms with Crippen LogP contribution in [-0.4, -0.2) is 165 Å². The van der Waals surface area contributed by atoms with Crippen molar-refractivity contribution in [2.75, 3.05) is 18.6 Å². The minimum atomic E-state index is -1.80. The summed E-state index contributed by atoms with van der Waals surface area (Å²) in [4.78, 5) is 169. The Kier molecular flexibility index (Phi) is 29.4. The lowest BCUT2D eigenvalue weighted by molar-refractivity contribution is -0.143. The molecule has 1 fully saturated rings. The third-order valence-corrected chi connectivity index (χ3v) is 13.3. The number of nitrogens with one attached hydrogen (secondary N) is 9. The van der Waals surface area contributed by atoms with Crippen molar-refractivity contribution in [1.82, 2.24) is 47.9 Å². The van der Waals surface area contributed by atoms with Gasteiger partial charge in [0.2, 0.25) is 59.1 Å². The zero-order chi connectivity index (χ0) is 56.4. The van der Waals surface area contributed by atoms with Crippen molar-refractivity contribution < 1.29 is 77.6 Å². The average molecular weight is 1070 g/mol. The molecule has 1 saturated heterocycles. The molecule has 0 radical (unpaired) electrons. The van der Waals surface area contributed by atoms with Gasteiger partial charge in [0.05, 0.1) is 18.9 Å². The number of hydrogen-bond acceptors (Lipinski definition) is 15. The van der Waals surface area contributed by atoms with Gasteiger partial charge in [-0.3, -0.25) is 57.5 Å². The van der Waals surface area contributed by atoms with E-state index < -0.39 is 181 Å². The van der Waals surface area contributed by atoms with Crippen molar-refractivity contribution in [3.05, 3.63) is 0 Å². The Bertz CT molecular complexity index is 2010. The van der Waals surface area contributed by atoms with Gasteiger partial charge in [-0.2, -0.15) is 11.8 Å². The van der Waals surface area contributed by atoms with Crippen molar-refractivity contribution in [2.24, 2.45) is 29.2 Å². The first-order chi connectivity index (χ1) is 34.7. The number of carbonyl (C=O) groups is 13. The van der Waals surface area contributed by atoms with E-state index >= 15 is 0 Å². The third kappa shape index (κ3) is 23.1. The summed E-state index contributed by atoms with van der Waals surface area (Å²) in [5.74, 6) is -15.3. The third-order valence-electron chi connectivity index (χ3n) is 12.6. The first kappa shape index (κ1) is 65.4. The molecule has 0 aliphatic carbocycles. The van der Waals surface area contributed by atoms with Crippen LogP contribution in [0, 0.1) is 17.8 Å². The molecule has 1 rings (SSSR count). The fourth-order valence-corrected chi connectivity index (χ4v) is 7.96. The first-order valence-electron chi connectivity index (χ1n) is 24.6. The molecule has 0 bridgehead atoms. The molecular formula is C46H77N11O16S. The van der Waals surface area contributed by atoms with Gasteiger partial charge in [-0.1, -0.05) is 60.8 Å². The number of carbonyl (C=O) groups excluding carboxylic acids is 10. The summed E-state index contributed by atoms with van der Waals surface area (Å²) in [6.07, 6.45) is 0.230. The number of nitrogens with two attached hydrogens (primary N) is 2. The van der Waals surface area contributed by atoms with Crippen LogP contribution in [0.2, 0.25) is 0 Å². The monoisotopic (exact) mass is 1070 g/mol. The predicted molar refractivity (Wildman–Crippen MR) is 267 cm³/mol. The van der Waals surface area contributed by atoms with Crippen LogP contribution in [-0.2, 0) is 62.3 Å². The highest BCUT2D eigenvalue weighted by molar-refractivity contribution is 7.98. The highest BCUT2D eigenvalue weighted by atomic mass is 32.2. The highest BCUT2D eigenvalue weighted by Gasteiger charge is 2.38. The van der Waals surface area contributed by atoms with Crippen LogP contribution in [0.4, 0.5) is 0 Å². The van der Waals surface area contributed by atoms with Crippen LogP contribution in [0.15, 0.2) is 0 Å². The van der Waals surface area contributed by atoms with Crippen molar-refractivity contribution >= 4 is 88.7 Å². The summed E-state index contributed by atoms with van der Waals surface area (Å²) < 4.78 is 0. The quantitative estimate of drug-likeness (QED) is 0.0299. The molecule has 0 spiro atoms. The highest BCUT2D eigenvalue weighted by Crippen LogP contribution is 2.16. The van der Waals surface area contributed by atoms with Crippen LogP contribution in [0.3, 0.4) is 0 Å². The van der Waals surface area contributed by atoms with E-state index in [2.05, 4.69) is 47.9 Å².